The van der Waals surface area contributed by atoms with Gasteiger partial charge in [-0.2, -0.15) is 5.06 Å². The summed E-state index contributed by atoms with van der Waals surface area (Å²) < 4.78 is 4.31. The van der Waals surface area contributed by atoms with Crippen LogP contribution in [0.25, 0.3) is 0 Å². The Morgan fingerprint density at radius 1 is 1.42 bits per heavy atom. The third kappa shape index (κ3) is 4.96. The fourth-order valence-corrected chi connectivity index (χ4v) is 0.885. The number of methoxy groups -OCH3 is 1. The molecule has 0 saturated carbocycles. The summed E-state index contributed by atoms with van der Waals surface area (Å²) in [6.07, 6.45) is 3.44. The summed E-state index contributed by atoms with van der Waals surface area (Å²) in [6.45, 7) is 2.46. The number of amides is 1. The number of hydrogen-bond donors (Lipinski definition) is 1. The summed E-state index contributed by atoms with van der Waals surface area (Å²) in [5, 5.41) is 9.58. The number of unbranched alkanes of at least 4 members (excludes halogenated alkanes) is 3. The first-order valence-corrected chi connectivity index (χ1v) is 4.26. The Hall–Kier alpha value is -0.770. The first kappa shape index (κ1) is 11.2. The van der Waals surface area contributed by atoms with Crippen molar-refractivity contribution in [3.8, 4) is 0 Å². The highest BCUT2D eigenvalue weighted by atomic mass is 16.6. The first-order valence-electron chi connectivity index (χ1n) is 4.26. The molecule has 72 valence electrons. The fraction of sp³-hybridized carbons (Fsp3) is 0.875. The summed E-state index contributed by atoms with van der Waals surface area (Å²) in [5.41, 5.74) is 0. The van der Waals surface area contributed by atoms with Crippen molar-refractivity contribution in [3.63, 3.8) is 0 Å². The second-order valence-electron chi connectivity index (χ2n) is 2.65. The van der Waals surface area contributed by atoms with Crippen LogP contribution in [0.2, 0.25) is 0 Å². The van der Waals surface area contributed by atoms with Crippen LogP contribution in [-0.4, -0.2) is 30.0 Å². The van der Waals surface area contributed by atoms with Crippen molar-refractivity contribution in [2.24, 2.45) is 0 Å². The van der Waals surface area contributed by atoms with Gasteiger partial charge in [-0.25, -0.2) is 4.79 Å². The summed E-state index contributed by atoms with van der Waals surface area (Å²) in [5.74, 6) is 0. The van der Waals surface area contributed by atoms with Crippen molar-refractivity contribution in [1.29, 1.82) is 0 Å². The fourth-order valence-electron chi connectivity index (χ4n) is 0.885. The third-order valence-electron chi connectivity index (χ3n) is 1.61. The maximum atomic E-state index is 10.6. The molecule has 0 fully saturated rings. The van der Waals surface area contributed by atoms with Gasteiger partial charge in [-0.3, -0.25) is 5.21 Å². The molecule has 0 heterocycles. The molecule has 0 aromatic rings. The number of carbonyl (C=O) groups is 1. The van der Waals surface area contributed by atoms with Crippen LogP contribution in [0.1, 0.15) is 32.6 Å². The number of nitrogens with zero attached hydrogens (tertiary/aromatic N) is 1. The molecular weight excluding hydrogens is 158 g/mol. The molecule has 0 saturated heterocycles. The molecule has 0 bridgehead atoms. The summed E-state index contributed by atoms with van der Waals surface area (Å²) >= 11 is 0. The topological polar surface area (TPSA) is 49.8 Å². The average molecular weight is 175 g/mol. The van der Waals surface area contributed by atoms with Crippen molar-refractivity contribution in [2.45, 2.75) is 32.6 Å². The molecule has 12 heavy (non-hydrogen) atoms. The lowest BCUT2D eigenvalue weighted by atomic mass is 10.2. The smallest absolute Gasteiger partial charge is 0.433 e. The minimum Gasteiger partial charge on any atom is -0.451 e. The number of rotatable bonds is 5. The number of hydrogen-bond acceptors (Lipinski definition) is 3. The normalized spacial score (nSPS) is 9.58. The molecule has 1 N–H and O–H groups in total. The molecule has 0 aliphatic carbocycles. The van der Waals surface area contributed by atoms with E-state index >= 15 is 0 Å². The summed E-state index contributed by atoms with van der Waals surface area (Å²) in [6, 6.07) is 0. The van der Waals surface area contributed by atoms with Crippen LogP contribution in [0.5, 0.6) is 0 Å². The van der Waals surface area contributed by atoms with Crippen LogP contribution >= 0.6 is 0 Å². The molecule has 0 aliphatic heterocycles. The Kier molecular flexibility index (Phi) is 6.47. The molecule has 0 aromatic heterocycles. The predicted molar refractivity (Wildman–Crippen MR) is 45.0 cm³/mol. The first-order chi connectivity index (χ1) is 5.72. The van der Waals surface area contributed by atoms with Crippen molar-refractivity contribution in [2.75, 3.05) is 13.7 Å². The van der Waals surface area contributed by atoms with E-state index in [1.165, 1.54) is 7.11 Å². The van der Waals surface area contributed by atoms with E-state index in [0.29, 0.717) is 11.6 Å². The van der Waals surface area contributed by atoms with E-state index in [4.69, 9.17) is 5.21 Å². The maximum Gasteiger partial charge on any atom is 0.433 e. The van der Waals surface area contributed by atoms with Gasteiger partial charge in [0.2, 0.25) is 0 Å². The van der Waals surface area contributed by atoms with E-state index in [-0.39, 0.29) is 0 Å². The van der Waals surface area contributed by atoms with E-state index in [1.54, 1.807) is 0 Å². The van der Waals surface area contributed by atoms with Gasteiger partial charge in [-0.05, 0) is 6.42 Å². The Morgan fingerprint density at radius 2 is 2.08 bits per heavy atom. The van der Waals surface area contributed by atoms with Crippen LogP contribution in [0.3, 0.4) is 0 Å². The molecule has 0 aliphatic rings. The minimum absolute atomic E-state index is 0.354. The van der Waals surface area contributed by atoms with Crippen LogP contribution in [-0.2, 0) is 4.74 Å². The highest BCUT2D eigenvalue weighted by Gasteiger charge is 2.08. The van der Waals surface area contributed by atoms with Gasteiger partial charge in [-0.1, -0.05) is 26.2 Å². The zero-order chi connectivity index (χ0) is 9.40. The standard InChI is InChI=1S/C8H17NO3/c1-3-4-5-6-7-9(11)8(10)12-2/h11H,3-7H2,1-2H3. The van der Waals surface area contributed by atoms with E-state index in [2.05, 4.69) is 11.7 Å². The van der Waals surface area contributed by atoms with Gasteiger partial charge in [0, 0.05) is 0 Å². The highest BCUT2D eigenvalue weighted by Crippen LogP contribution is 2.00. The molecule has 0 aromatic carbocycles. The lowest BCUT2D eigenvalue weighted by molar-refractivity contribution is -0.0698. The van der Waals surface area contributed by atoms with E-state index in [1.807, 2.05) is 0 Å². The van der Waals surface area contributed by atoms with Crippen LogP contribution in [0.15, 0.2) is 0 Å². The zero-order valence-corrected chi connectivity index (χ0v) is 7.75. The lowest BCUT2D eigenvalue weighted by Crippen LogP contribution is -2.28. The van der Waals surface area contributed by atoms with Crippen molar-refractivity contribution in [1.82, 2.24) is 5.06 Å². The molecule has 1 amide bonds. The quantitative estimate of drug-likeness (QED) is 0.395. The van der Waals surface area contributed by atoms with Gasteiger partial charge < -0.3 is 4.74 Å². The van der Waals surface area contributed by atoms with E-state index < -0.39 is 6.09 Å². The van der Waals surface area contributed by atoms with Crippen LogP contribution in [0, 0.1) is 0 Å². The van der Waals surface area contributed by atoms with Crippen molar-refractivity contribution in [3.05, 3.63) is 0 Å². The Balaban J connectivity index is 3.31. The zero-order valence-electron chi connectivity index (χ0n) is 7.75. The number of hydroxylamine groups is 2. The molecule has 4 heteroatoms. The average Bonchev–Trinajstić information content (AvgIpc) is 2.10. The van der Waals surface area contributed by atoms with Gasteiger partial charge >= 0.3 is 6.09 Å². The third-order valence-corrected chi connectivity index (χ3v) is 1.61. The largest absolute Gasteiger partial charge is 0.451 e. The molecule has 0 radical (unpaired) electrons. The van der Waals surface area contributed by atoms with E-state index in [0.717, 1.165) is 25.7 Å². The summed E-state index contributed by atoms with van der Waals surface area (Å²) in [4.78, 5) is 10.6. The van der Waals surface area contributed by atoms with Crippen molar-refractivity contribution >= 4 is 6.09 Å². The van der Waals surface area contributed by atoms with Gasteiger partial charge in [0.1, 0.15) is 0 Å². The molecule has 0 spiro atoms. The minimum atomic E-state index is -0.688. The number of carbonyl (C=O) groups excluding carboxylic acids is 1. The second kappa shape index (κ2) is 6.91. The van der Waals surface area contributed by atoms with Crippen LogP contribution in [0.4, 0.5) is 4.79 Å². The monoisotopic (exact) mass is 175 g/mol. The Morgan fingerprint density at radius 3 is 2.58 bits per heavy atom. The predicted octanol–water partition coefficient (Wildman–Crippen LogP) is 2.02. The SMILES string of the molecule is CCCCCCN(O)C(=O)OC. The van der Waals surface area contributed by atoms with Gasteiger partial charge in [-0.15, -0.1) is 0 Å². The lowest BCUT2D eigenvalue weighted by Gasteiger charge is -2.12. The van der Waals surface area contributed by atoms with E-state index in [9.17, 15) is 4.79 Å². The number of ether oxygens (including phenoxy) is 1. The van der Waals surface area contributed by atoms with Crippen LogP contribution < -0.4 is 0 Å². The Bertz CT molecular complexity index is 127. The molecule has 0 unspecified atom stereocenters. The molecule has 4 nitrogen and oxygen atoms in total. The van der Waals surface area contributed by atoms with Gasteiger partial charge in [0.25, 0.3) is 0 Å². The second-order valence-corrected chi connectivity index (χ2v) is 2.65. The Labute approximate surface area is 73.1 Å². The maximum absolute atomic E-state index is 10.6. The molecule has 0 rings (SSSR count). The molecule has 0 atom stereocenters. The summed E-state index contributed by atoms with van der Waals surface area (Å²) in [7, 11) is 1.25. The van der Waals surface area contributed by atoms with Gasteiger partial charge in [0.15, 0.2) is 0 Å². The van der Waals surface area contributed by atoms with Gasteiger partial charge in [0.05, 0.1) is 13.7 Å². The molecular formula is C8H17NO3. The van der Waals surface area contributed by atoms with Crippen molar-refractivity contribution < 1.29 is 14.7 Å². The highest BCUT2D eigenvalue weighted by molar-refractivity contribution is 5.65.